The standard InChI is InChI=1S/7Ca.H4O7P2.14H/c;;;;;;;1-8(2,3)7-9(4,5)6;;;;;;;;;;;;;;/h;;;;;;;(H2,1,2,3)(H2,4,5,6);;;;;;;;;;;;;;/q7*+2;;14*-1. The van der Waals surface area contributed by atoms with Crippen molar-refractivity contribution in [2.24, 2.45) is 0 Å². The van der Waals surface area contributed by atoms with E-state index in [0.717, 1.165) is 0 Å². The van der Waals surface area contributed by atoms with Gasteiger partial charge < -0.3 is 39.5 Å². The van der Waals surface area contributed by atoms with Gasteiger partial charge >= 0.3 is 280 Å². The zero-order chi connectivity index (χ0) is 7.71. The van der Waals surface area contributed by atoms with Crippen molar-refractivity contribution in [2.75, 3.05) is 0 Å². The third kappa shape index (κ3) is 49.5. The number of hydrogen-bond acceptors (Lipinski definition) is 3. The average molecular weight is 473 g/mol. The van der Waals surface area contributed by atoms with Crippen molar-refractivity contribution in [2.45, 2.75) is 0 Å². The first-order valence-corrected chi connectivity index (χ1v) is 4.59. The van der Waals surface area contributed by atoms with Crippen molar-refractivity contribution in [1.82, 2.24) is 0 Å². The normalized spacial score (nSPS) is 7.75. The fraction of sp³-hybridized carbons (Fsp3) is 0. The van der Waals surface area contributed by atoms with Gasteiger partial charge in [-0.25, -0.2) is 9.13 Å². The average Bonchev–Trinajstić information content (AvgIpc) is 1.14. The van der Waals surface area contributed by atoms with Crippen LogP contribution in [0.25, 0.3) is 0 Å². The number of hydrogen-bond donors (Lipinski definition) is 4. The van der Waals surface area contributed by atoms with E-state index >= 15 is 0 Å². The van der Waals surface area contributed by atoms with Crippen molar-refractivity contribution in [1.29, 1.82) is 0 Å². The van der Waals surface area contributed by atoms with Crippen LogP contribution < -0.4 is 0 Å². The molecular formula is H18Ca7O7P2. The minimum absolute atomic E-state index is 0. The van der Waals surface area contributed by atoms with Crippen molar-refractivity contribution in [3.8, 4) is 0 Å². The number of phosphoric acid groups is 2. The molecule has 0 rings (SSSR count). The Morgan fingerprint density at radius 3 is 0.750 bits per heavy atom. The first kappa shape index (κ1) is 49.8. The third-order valence-corrected chi connectivity index (χ3v) is 1.91. The summed E-state index contributed by atoms with van der Waals surface area (Å²) in [6.45, 7) is 0. The maximum absolute atomic E-state index is 9.63. The molecule has 16 heteroatoms. The Morgan fingerprint density at radius 1 is 0.625 bits per heavy atom. The monoisotopic (exact) mass is 472 g/mol. The van der Waals surface area contributed by atoms with E-state index in [-0.39, 0.29) is 284 Å². The van der Waals surface area contributed by atoms with Crippen LogP contribution in [0.15, 0.2) is 0 Å². The summed E-state index contributed by atoms with van der Waals surface area (Å²) in [5.41, 5.74) is 0. The van der Waals surface area contributed by atoms with Gasteiger partial charge in [0.2, 0.25) is 0 Å². The van der Waals surface area contributed by atoms with E-state index in [0.29, 0.717) is 0 Å². The summed E-state index contributed by atoms with van der Waals surface area (Å²) in [6, 6.07) is 0. The van der Waals surface area contributed by atoms with Gasteiger partial charge in [0, 0.05) is 0 Å². The van der Waals surface area contributed by atoms with Crippen LogP contribution in [0.5, 0.6) is 0 Å². The molecule has 0 aliphatic heterocycles. The molecule has 0 bridgehead atoms. The minimum atomic E-state index is -5.05. The molecule has 0 unspecified atom stereocenters. The van der Waals surface area contributed by atoms with Crippen LogP contribution >= 0.6 is 15.6 Å². The maximum atomic E-state index is 9.63. The van der Waals surface area contributed by atoms with Gasteiger partial charge in [0.25, 0.3) is 0 Å². The second-order valence-corrected chi connectivity index (χ2v) is 3.68. The second-order valence-electron chi connectivity index (χ2n) is 1.06. The van der Waals surface area contributed by atoms with Crippen LogP contribution in [-0.4, -0.2) is 284 Å². The van der Waals surface area contributed by atoms with Crippen molar-refractivity contribution >= 4 is 280 Å². The molecule has 4 N–H and O–H groups in total. The molecule has 0 saturated carbocycles. The summed E-state index contributed by atoms with van der Waals surface area (Å²) in [6.07, 6.45) is 0. The van der Waals surface area contributed by atoms with E-state index in [4.69, 9.17) is 19.6 Å². The van der Waals surface area contributed by atoms with Crippen molar-refractivity contribution in [3.05, 3.63) is 0 Å². The Labute approximate surface area is 323 Å². The Hall–Kier alpha value is 9.08. The minimum Gasteiger partial charge on any atom is -1.00 e. The maximum Gasteiger partial charge on any atom is 2.00 e. The third-order valence-electron chi connectivity index (χ3n) is 0.213. The van der Waals surface area contributed by atoms with Crippen LogP contribution in [-0.2, 0) is 13.4 Å². The van der Waals surface area contributed by atoms with Crippen LogP contribution in [0.1, 0.15) is 20.0 Å². The predicted molar refractivity (Wildman–Crippen MR) is 81.0 cm³/mol. The Balaban J connectivity index is -0.00000000152. The van der Waals surface area contributed by atoms with E-state index < -0.39 is 15.6 Å². The molecule has 0 heterocycles. The van der Waals surface area contributed by atoms with Crippen LogP contribution in [0.2, 0.25) is 0 Å². The molecule has 0 radical (unpaired) electrons. The zero-order valence-electron chi connectivity index (χ0n) is 22.9. The quantitative estimate of drug-likeness (QED) is 0.273. The summed E-state index contributed by atoms with van der Waals surface area (Å²) in [7, 11) is -10.1. The van der Waals surface area contributed by atoms with E-state index in [1.54, 1.807) is 0 Å². The largest absolute Gasteiger partial charge is 2.00 e. The Morgan fingerprint density at radius 2 is 0.750 bits per heavy atom. The van der Waals surface area contributed by atoms with Crippen LogP contribution in [0.3, 0.4) is 0 Å². The van der Waals surface area contributed by atoms with Crippen molar-refractivity contribution in [3.63, 3.8) is 0 Å². The Kier molecular flexibility index (Phi) is 82.0. The van der Waals surface area contributed by atoms with E-state index in [1.165, 1.54) is 0 Å². The van der Waals surface area contributed by atoms with Gasteiger partial charge in [-0.2, -0.15) is 4.31 Å². The van der Waals surface area contributed by atoms with Crippen molar-refractivity contribution < 1.29 is 53.0 Å². The summed E-state index contributed by atoms with van der Waals surface area (Å²) < 4.78 is 22.2. The van der Waals surface area contributed by atoms with E-state index in [9.17, 15) is 9.13 Å². The first-order valence-electron chi connectivity index (χ1n) is 1.53. The molecule has 7 nitrogen and oxygen atoms in total. The second kappa shape index (κ2) is 26.3. The van der Waals surface area contributed by atoms with Gasteiger partial charge in [-0.3, -0.25) is 0 Å². The van der Waals surface area contributed by atoms with E-state index in [2.05, 4.69) is 4.31 Å². The molecule has 0 spiro atoms. The molecule has 0 aromatic rings. The van der Waals surface area contributed by atoms with Gasteiger partial charge in [0.05, 0.1) is 0 Å². The fourth-order valence-corrected chi connectivity index (χ4v) is 1.25. The predicted octanol–water partition coefficient (Wildman–Crippen LogP) is -1.90. The molecule has 0 aliphatic carbocycles. The molecule has 0 saturated heterocycles. The SMILES string of the molecule is O=P(O)(O)OP(=O)(O)O.[Ca+2].[Ca+2].[Ca+2].[Ca+2].[Ca+2].[Ca+2].[Ca+2].[H-].[H-].[H-].[H-].[H-].[H-].[H-].[H-].[H-].[H-].[H-].[H-].[H-].[H-]. The summed E-state index contributed by atoms with van der Waals surface area (Å²) in [5.74, 6) is 0. The fourth-order valence-electron chi connectivity index (χ4n) is 0.139. The molecule has 0 aromatic heterocycles. The first-order chi connectivity index (χ1) is 3.71. The summed E-state index contributed by atoms with van der Waals surface area (Å²) in [5, 5.41) is 0. The van der Waals surface area contributed by atoms with Crippen LogP contribution in [0.4, 0.5) is 0 Å². The molecule has 0 amide bonds. The zero-order valence-corrected chi connectivity index (χ0v) is 26.1. The van der Waals surface area contributed by atoms with Gasteiger partial charge in [-0.05, 0) is 0 Å². The molecule has 0 fully saturated rings. The Bertz CT molecular complexity index is 193. The molecule has 0 atom stereocenters. The molecule has 84 valence electrons. The molecule has 0 aromatic carbocycles. The van der Waals surface area contributed by atoms with Gasteiger partial charge in [0.1, 0.15) is 0 Å². The number of rotatable bonds is 2. The topological polar surface area (TPSA) is 124 Å². The molecular weight excluding hydrogens is 454 g/mol. The molecule has 16 heavy (non-hydrogen) atoms. The smallest absolute Gasteiger partial charge is 1.00 e. The summed E-state index contributed by atoms with van der Waals surface area (Å²) >= 11 is 0. The summed E-state index contributed by atoms with van der Waals surface area (Å²) in [4.78, 5) is 31.0. The van der Waals surface area contributed by atoms with Gasteiger partial charge in [0.15, 0.2) is 0 Å². The van der Waals surface area contributed by atoms with E-state index in [1.807, 2.05) is 0 Å². The molecule has 0 aliphatic rings. The van der Waals surface area contributed by atoms with Crippen LogP contribution in [0, 0.1) is 0 Å². The van der Waals surface area contributed by atoms with Gasteiger partial charge in [-0.1, -0.05) is 0 Å². The van der Waals surface area contributed by atoms with Gasteiger partial charge in [-0.15, -0.1) is 0 Å².